The van der Waals surface area contributed by atoms with Crippen LogP contribution in [0.4, 0.5) is 4.79 Å². The standard InChI is InChI=1S/C15H19BrN2O4S/c1-9-12(14(19)22-6-5-21-4)13(11-7-10(16)8-23-11)18(3)15(20)17(9)2/h7-8,13H,5-6H2,1-4H3/t13-/m0/s1. The molecule has 8 heteroatoms. The van der Waals surface area contributed by atoms with Gasteiger partial charge >= 0.3 is 12.0 Å². The largest absolute Gasteiger partial charge is 0.460 e. The van der Waals surface area contributed by atoms with Crippen molar-refractivity contribution in [3.63, 3.8) is 0 Å². The van der Waals surface area contributed by atoms with Gasteiger partial charge in [-0.2, -0.15) is 0 Å². The average molecular weight is 403 g/mol. The quantitative estimate of drug-likeness (QED) is 0.560. The molecule has 1 aliphatic rings. The molecule has 0 radical (unpaired) electrons. The van der Waals surface area contributed by atoms with Gasteiger partial charge in [0.25, 0.3) is 0 Å². The topological polar surface area (TPSA) is 59.1 Å². The molecule has 0 spiro atoms. The predicted octanol–water partition coefficient (Wildman–Crippen LogP) is 3.01. The molecule has 2 rings (SSSR count). The summed E-state index contributed by atoms with van der Waals surface area (Å²) in [6.07, 6.45) is 0. The smallest absolute Gasteiger partial charge is 0.338 e. The van der Waals surface area contributed by atoms with Crippen molar-refractivity contribution in [3.8, 4) is 0 Å². The van der Waals surface area contributed by atoms with E-state index in [1.807, 2.05) is 11.4 Å². The number of likely N-dealkylation sites (N-methyl/N-ethyl adjacent to an activating group) is 1. The van der Waals surface area contributed by atoms with Crippen molar-refractivity contribution in [2.75, 3.05) is 34.4 Å². The maximum atomic E-state index is 12.6. The third-order valence-electron chi connectivity index (χ3n) is 3.74. The van der Waals surface area contributed by atoms with Gasteiger partial charge in [-0.3, -0.25) is 0 Å². The lowest BCUT2D eigenvalue weighted by molar-refractivity contribution is -0.141. The molecule has 0 aromatic carbocycles. The first-order valence-electron chi connectivity index (χ1n) is 6.99. The van der Waals surface area contributed by atoms with Crippen LogP contribution < -0.4 is 0 Å². The Morgan fingerprint density at radius 2 is 2.09 bits per heavy atom. The number of halogens is 1. The van der Waals surface area contributed by atoms with E-state index in [0.29, 0.717) is 17.9 Å². The SMILES string of the molecule is COCCOC(=O)C1=C(C)N(C)C(=O)N(C)[C@H]1c1cc(Br)cs1. The fourth-order valence-corrected chi connectivity index (χ4v) is 4.02. The second-order valence-electron chi connectivity index (χ2n) is 5.15. The van der Waals surface area contributed by atoms with Gasteiger partial charge in [0.2, 0.25) is 0 Å². The minimum Gasteiger partial charge on any atom is -0.460 e. The van der Waals surface area contributed by atoms with E-state index in [1.54, 1.807) is 33.0 Å². The molecule has 2 amide bonds. The van der Waals surface area contributed by atoms with Crippen molar-refractivity contribution in [2.45, 2.75) is 13.0 Å². The van der Waals surface area contributed by atoms with Crippen molar-refractivity contribution in [1.29, 1.82) is 0 Å². The van der Waals surface area contributed by atoms with Crippen LogP contribution in [0.3, 0.4) is 0 Å². The second-order valence-corrected chi connectivity index (χ2v) is 7.01. The van der Waals surface area contributed by atoms with Crippen molar-refractivity contribution in [2.24, 2.45) is 0 Å². The highest BCUT2D eigenvalue weighted by Gasteiger charge is 2.39. The number of amides is 2. The summed E-state index contributed by atoms with van der Waals surface area (Å²) in [6.45, 7) is 2.26. The number of esters is 1. The highest BCUT2D eigenvalue weighted by Crippen LogP contribution is 2.39. The number of urea groups is 1. The Morgan fingerprint density at radius 1 is 1.39 bits per heavy atom. The lowest BCUT2D eigenvalue weighted by atomic mass is 9.99. The molecular weight excluding hydrogens is 384 g/mol. The van der Waals surface area contributed by atoms with Crippen LogP contribution in [0, 0.1) is 0 Å². The number of thiophene rings is 1. The average Bonchev–Trinajstić information content (AvgIpc) is 2.94. The van der Waals surface area contributed by atoms with Crippen LogP contribution in [0.5, 0.6) is 0 Å². The lowest BCUT2D eigenvalue weighted by Crippen LogP contribution is -2.47. The van der Waals surface area contributed by atoms with Gasteiger partial charge in [0, 0.05) is 41.6 Å². The lowest BCUT2D eigenvalue weighted by Gasteiger charge is -2.38. The maximum Gasteiger partial charge on any atom is 0.338 e. The molecule has 0 aliphatic carbocycles. The molecule has 6 nitrogen and oxygen atoms in total. The molecule has 0 saturated heterocycles. The normalized spacial score (nSPS) is 18.7. The molecule has 126 valence electrons. The monoisotopic (exact) mass is 402 g/mol. The van der Waals surface area contributed by atoms with E-state index in [9.17, 15) is 9.59 Å². The number of nitrogens with zero attached hydrogens (tertiary/aromatic N) is 2. The van der Waals surface area contributed by atoms with Crippen LogP contribution in [-0.4, -0.2) is 56.2 Å². The van der Waals surface area contributed by atoms with Crippen LogP contribution in [-0.2, 0) is 14.3 Å². The van der Waals surface area contributed by atoms with Gasteiger partial charge in [0.05, 0.1) is 12.2 Å². The van der Waals surface area contributed by atoms with Crippen LogP contribution >= 0.6 is 27.3 Å². The molecule has 2 heterocycles. The Hall–Kier alpha value is -1.38. The molecule has 0 unspecified atom stereocenters. The zero-order valence-electron chi connectivity index (χ0n) is 13.5. The van der Waals surface area contributed by atoms with Crippen molar-refractivity contribution in [1.82, 2.24) is 9.80 Å². The van der Waals surface area contributed by atoms with E-state index in [2.05, 4.69) is 15.9 Å². The van der Waals surface area contributed by atoms with Crippen LogP contribution in [0.1, 0.15) is 17.8 Å². The number of hydrogen-bond acceptors (Lipinski definition) is 5. The summed E-state index contributed by atoms with van der Waals surface area (Å²) in [5.41, 5.74) is 1.07. The Bertz CT molecular complexity index is 643. The first kappa shape index (κ1) is 18.0. The summed E-state index contributed by atoms with van der Waals surface area (Å²) in [5, 5.41) is 1.93. The van der Waals surface area contributed by atoms with Crippen molar-refractivity contribution < 1.29 is 19.1 Å². The summed E-state index contributed by atoms with van der Waals surface area (Å²) in [5.74, 6) is -0.430. The van der Waals surface area contributed by atoms with Gasteiger partial charge in [-0.15, -0.1) is 11.3 Å². The van der Waals surface area contributed by atoms with E-state index < -0.39 is 12.0 Å². The molecule has 0 bridgehead atoms. The van der Waals surface area contributed by atoms with Crippen molar-refractivity contribution in [3.05, 3.63) is 32.1 Å². The molecule has 0 fully saturated rings. The van der Waals surface area contributed by atoms with Gasteiger partial charge in [-0.25, -0.2) is 9.59 Å². The highest BCUT2D eigenvalue weighted by atomic mass is 79.9. The number of ether oxygens (including phenoxy) is 2. The fourth-order valence-electron chi connectivity index (χ4n) is 2.42. The number of allylic oxidation sites excluding steroid dienone is 1. The first-order valence-corrected chi connectivity index (χ1v) is 8.67. The first-order chi connectivity index (χ1) is 10.9. The Morgan fingerprint density at radius 3 is 2.65 bits per heavy atom. The van der Waals surface area contributed by atoms with Crippen LogP contribution in [0.2, 0.25) is 0 Å². The Balaban J connectivity index is 2.42. The van der Waals surface area contributed by atoms with E-state index in [1.165, 1.54) is 16.2 Å². The Kier molecular flexibility index (Phi) is 5.83. The molecule has 1 aliphatic heterocycles. The Labute approximate surface area is 147 Å². The van der Waals surface area contributed by atoms with E-state index >= 15 is 0 Å². The molecule has 1 atom stereocenters. The van der Waals surface area contributed by atoms with Crippen LogP contribution in [0.15, 0.2) is 27.2 Å². The van der Waals surface area contributed by atoms with Gasteiger partial charge in [0.15, 0.2) is 0 Å². The highest BCUT2D eigenvalue weighted by molar-refractivity contribution is 9.10. The minimum atomic E-state index is -0.454. The zero-order chi connectivity index (χ0) is 17.1. The van der Waals surface area contributed by atoms with Gasteiger partial charge in [-0.1, -0.05) is 0 Å². The molecule has 0 saturated carbocycles. The maximum absolute atomic E-state index is 12.6. The summed E-state index contributed by atoms with van der Waals surface area (Å²) < 4.78 is 11.1. The minimum absolute atomic E-state index is 0.162. The number of carbonyl (C=O) groups is 2. The second kappa shape index (κ2) is 7.46. The summed E-state index contributed by atoms with van der Waals surface area (Å²) in [6, 6.07) is 1.30. The molecule has 0 N–H and O–H groups in total. The third kappa shape index (κ3) is 3.59. The molecular formula is C15H19BrN2O4S. The van der Waals surface area contributed by atoms with Crippen LogP contribution in [0.25, 0.3) is 0 Å². The van der Waals surface area contributed by atoms with Gasteiger partial charge in [-0.05, 0) is 28.9 Å². The number of rotatable bonds is 5. The zero-order valence-corrected chi connectivity index (χ0v) is 15.9. The van der Waals surface area contributed by atoms with Crippen molar-refractivity contribution >= 4 is 39.3 Å². The number of carbonyl (C=O) groups excluding carboxylic acids is 2. The summed E-state index contributed by atoms with van der Waals surface area (Å²) >= 11 is 4.91. The summed E-state index contributed by atoms with van der Waals surface area (Å²) in [4.78, 5) is 28.9. The molecule has 1 aromatic rings. The number of hydrogen-bond donors (Lipinski definition) is 0. The molecule has 1 aromatic heterocycles. The molecule has 23 heavy (non-hydrogen) atoms. The predicted molar refractivity (Wildman–Crippen MR) is 91.2 cm³/mol. The van der Waals surface area contributed by atoms with E-state index in [-0.39, 0.29) is 12.6 Å². The fraction of sp³-hybridized carbons (Fsp3) is 0.467. The third-order valence-corrected chi connectivity index (χ3v) is 5.49. The number of methoxy groups -OCH3 is 1. The van der Waals surface area contributed by atoms with Gasteiger partial charge < -0.3 is 19.3 Å². The summed E-state index contributed by atoms with van der Waals surface area (Å²) in [7, 11) is 4.88. The van der Waals surface area contributed by atoms with E-state index in [0.717, 1.165) is 9.35 Å². The van der Waals surface area contributed by atoms with E-state index in [4.69, 9.17) is 9.47 Å². The van der Waals surface area contributed by atoms with Gasteiger partial charge in [0.1, 0.15) is 12.6 Å².